The lowest BCUT2D eigenvalue weighted by Gasteiger charge is -2.53. The van der Waals surface area contributed by atoms with Crippen LogP contribution in [0.25, 0.3) is 0 Å². The Hall–Kier alpha value is -2.02. The normalized spacial score (nSPS) is 29.2. The molecule has 1 saturated carbocycles. The predicted molar refractivity (Wildman–Crippen MR) is 158 cm³/mol. The number of fused-ring (bicyclic) bond motifs is 2. The maximum absolute atomic E-state index is 13.4. The molecular weight excluding hydrogens is 571 g/mol. The van der Waals surface area contributed by atoms with Crippen molar-refractivity contribution in [2.24, 2.45) is 23.2 Å². The number of hydrogen-bond acceptors (Lipinski definition) is 9. The van der Waals surface area contributed by atoms with Gasteiger partial charge in [0.05, 0.1) is 26.0 Å². The smallest absolute Gasteiger partial charge is 0.267 e. The maximum Gasteiger partial charge on any atom is 0.267 e. The Morgan fingerprint density at radius 2 is 1.98 bits per heavy atom. The number of benzene rings is 1. The van der Waals surface area contributed by atoms with E-state index in [1.54, 1.807) is 12.1 Å². The number of aliphatic hydroxyl groups excluding tert-OH is 1. The van der Waals surface area contributed by atoms with E-state index in [-0.39, 0.29) is 45.6 Å². The van der Waals surface area contributed by atoms with E-state index in [0.29, 0.717) is 17.3 Å². The highest BCUT2D eigenvalue weighted by atomic mass is 32.2. The summed E-state index contributed by atoms with van der Waals surface area (Å²) in [7, 11) is -1.10. The number of methoxy groups -OCH3 is 2. The second-order valence-corrected chi connectivity index (χ2v) is 15.5. The van der Waals surface area contributed by atoms with Crippen LogP contribution in [0.3, 0.4) is 0 Å². The van der Waals surface area contributed by atoms with Crippen LogP contribution in [0.5, 0.6) is 11.5 Å². The van der Waals surface area contributed by atoms with E-state index in [9.17, 15) is 18.3 Å². The molecule has 1 aromatic carbocycles. The third kappa shape index (κ3) is 5.32. The lowest BCUT2D eigenvalue weighted by molar-refractivity contribution is -0.144. The molecule has 0 spiro atoms. The summed E-state index contributed by atoms with van der Waals surface area (Å²) in [6.45, 7) is 7.81. The fourth-order valence-corrected chi connectivity index (χ4v) is 10.6. The number of thioether (sulfide) groups is 1. The van der Waals surface area contributed by atoms with Crippen molar-refractivity contribution in [3.05, 3.63) is 28.8 Å². The number of aliphatic hydroxyl groups is 1. The van der Waals surface area contributed by atoms with Crippen LogP contribution in [-0.2, 0) is 21.2 Å². The third-order valence-electron chi connectivity index (χ3n) is 9.16. The van der Waals surface area contributed by atoms with Gasteiger partial charge in [0.2, 0.25) is 5.91 Å². The van der Waals surface area contributed by atoms with Crippen LogP contribution in [0, 0.1) is 23.2 Å². The number of nitrogens with zero attached hydrogens (tertiary/aromatic N) is 2. The standard InChI is InChI=1S/C28H39N3O6S3/c1-16(26(33)31-10-12-38-13-11-31)19-8-9-28(3)15-21-24(17(2)23(28)25(19)32)29-27(39-21)30-40(34,35)22-14-18(36-4)6-7-20(22)37-5/h6-7,14,16-17,19,23,25,32H,8-13,15H2,1-5H3,(H,29,30)/t16-,17-,19+,23+,25-,28+/m0/s1. The first-order valence-corrected chi connectivity index (χ1v) is 17.2. The number of hydrogen-bond donors (Lipinski definition) is 2. The van der Waals surface area contributed by atoms with Gasteiger partial charge in [-0.25, -0.2) is 13.4 Å². The Morgan fingerprint density at radius 3 is 2.65 bits per heavy atom. The lowest BCUT2D eigenvalue weighted by Crippen LogP contribution is -2.54. The molecule has 5 rings (SSSR count). The average molecular weight is 610 g/mol. The summed E-state index contributed by atoms with van der Waals surface area (Å²) in [5.74, 6) is 2.18. The number of carbonyl (C=O) groups is 1. The van der Waals surface area contributed by atoms with Crippen molar-refractivity contribution in [2.75, 3.05) is 43.5 Å². The van der Waals surface area contributed by atoms with Crippen LogP contribution in [0.15, 0.2) is 23.1 Å². The Labute approximate surface area is 245 Å². The average Bonchev–Trinajstić information content (AvgIpc) is 3.33. The molecule has 0 bridgehead atoms. The number of anilines is 1. The van der Waals surface area contributed by atoms with E-state index in [1.807, 2.05) is 23.6 Å². The van der Waals surface area contributed by atoms with E-state index in [0.717, 1.165) is 48.0 Å². The van der Waals surface area contributed by atoms with Gasteiger partial charge in [-0.15, -0.1) is 11.3 Å². The summed E-state index contributed by atoms with van der Waals surface area (Å²) < 4.78 is 39.9. The number of amides is 1. The van der Waals surface area contributed by atoms with Crippen LogP contribution in [0.4, 0.5) is 5.13 Å². The third-order valence-corrected chi connectivity index (χ3v) is 12.6. The number of nitrogens with one attached hydrogen (secondary N) is 1. The number of ether oxygens (including phenoxy) is 2. The van der Waals surface area contributed by atoms with Crippen molar-refractivity contribution in [1.82, 2.24) is 9.88 Å². The van der Waals surface area contributed by atoms with Gasteiger partial charge in [-0.05, 0) is 48.6 Å². The Kier molecular flexibility index (Phi) is 8.35. The Balaban J connectivity index is 1.38. The molecule has 1 aliphatic heterocycles. The summed E-state index contributed by atoms with van der Waals surface area (Å²) >= 11 is 3.23. The van der Waals surface area contributed by atoms with Gasteiger partial charge in [0, 0.05) is 47.4 Å². The van der Waals surface area contributed by atoms with Crippen LogP contribution >= 0.6 is 23.1 Å². The number of thiazole rings is 1. The molecule has 2 heterocycles. The lowest BCUT2D eigenvalue weighted by atomic mass is 9.53. The van der Waals surface area contributed by atoms with Gasteiger partial charge in [0.1, 0.15) is 16.4 Å². The minimum absolute atomic E-state index is 0.0274. The zero-order chi connectivity index (χ0) is 28.8. The Bertz CT molecular complexity index is 1360. The minimum Gasteiger partial charge on any atom is -0.497 e. The summed E-state index contributed by atoms with van der Waals surface area (Å²) in [4.78, 5) is 21.0. The first kappa shape index (κ1) is 29.5. The summed E-state index contributed by atoms with van der Waals surface area (Å²) in [5, 5.41) is 12.0. The molecule has 0 radical (unpaired) electrons. The molecule has 2 aromatic rings. The second kappa shape index (κ2) is 11.3. The summed E-state index contributed by atoms with van der Waals surface area (Å²) in [6, 6.07) is 4.62. The van der Waals surface area contributed by atoms with E-state index < -0.39 is 16.1 Å². The van der Waals surface area contributed by atoms with Crippen molar-refractivity contribution >= 4 is 44.2 Å². The van der Waals surface area contributed by atoms with Crippen LogP contribution < -0.4 is 14.2 Å². The van der Waals surface area contributed by atoms with Gasteiger partial charge >= 0.3 is 0 Å². The molecule has 3 aliphatic rings. The van der Waals surface area contributed by atoms with Crippen molar-refractivity contribution in [3.8, 4) is 11.5 Å². The molecule has 0 unspecified atom stereocenters. The quantitative estimate of drug-likeness (QED) is 0.479. The van der Waals surface area contributed by atoms with Gasteiger partial charge in [0.25, 0.3) is 10.0 Å². The topological polar surface area (TPSA) is 118 Å². The van der Waals surface area contributed by atoms with E-state index in [2.05, 4.69) is 18.6 Å². The minimum atomic E-state index is -4.00. The first-order chi connectivity index (χ1) is 19.0. The van der Waals surface area contributed by atoms with Crippen molar-refractivity contribution in [2.45, 2.75) is 57.0 Å². The van der Waals surface area contributed by atoms with Crippen molar-refractivity contribution in [3.63, 3.8) is 0 Å². The monoisotopic (exact) mass is 609 g/mol. The molecule has 1 saturated heterocycles. The highest BCUT2D eigenvalue weighted by molar-refractivity contribution is 7.99. The highest BCUT2D eigenvalue weighted by Crippen LogP contribution is 2.57. The molecule has 2 N–H and O–H groups in total. The fraction of sp³-hybridized carbons (Fsp3) is 0.643. The van der Waals surface area contributed by atoms with Gasteiger partial charge in [-0.2, -0.15) is 11.8 Å². The van der Waals surface area contributed by atoms with Crippen LogP contribution in [0.1, 0.15) is 50.1 Å². The van der Waals surface area contributed by atoms with Crippen molar-refractivity contribution < 1.29 is 27.8 Å². The van der Waals surface area contributed by atoms with Crippen LogP contribution in [-0.4, -0.2) is 74.2 Å². The van der Waals surface area contributed by atoms with Crippen LogP contribution in [0.2, 0.25) is 0 Å². The fourth-order valence-electron chi connectivity index (χ4n) is 7.01. The molecule has 12 heteroatoms. The maximum atomic E-state index is 13.4. The number of aromatic nitrogens is 1. The van der Waals surface area contributed by atoms with Crippen molar-refractivity contribution in [1.29, 1.82) is 0 Å². The van der Waals surface area contributed by atoms with Gasteiger partial charge in [-0.1, -0.05) is 20.8 Å². The molecule has 40 heavy (non-hydrogen) atoms. The zero-order valence-electron chi connectivity index (χ0n) is 23.7. The molecule has 2 fully saturated rings. The SMILES string of the molecule is COc1ccc(OC)c(S(=O)(=O)Nc2nc3c(s2)C[C@@]2(C)CC[C@H]([C@H](C)C(=O)N4CCSCC4)[C@H](O)[C@H]2[C@@H]3C)c1. The van der Waals surface area contributed by atoms with E-state index in [1.165, 1.54) is 31.6 Å². The highest BCUT2D eigenvalue weighted by Gasteiger charge is 2.54. The Morgan fingerprint density at radius 1 is 1.25 bits per heavy atom. The largest absolute Gasteiger partial charge is 0.497 e. The number of carbonyl (C=O) groups excluding carboxylic acids is 1. The molecule has 9 nitrogen and oxygen atoms in total. The number of rotatable bonds is 7. The van der Waals surface area contributed by atoms with E-state index in [4.69, 9.17) is 14.5 Å². The number of sulfonamides is 1. The molecule has 1 amide bonds. The van der Waals surface area contributed by atoms with Gasteiger partial charge in [-0.3, -0.25) is 9.52 Å². The molecule has 2 aliphatic carbocycles. The van der Waals surface area contributed by atoms with Gasteiger partial charge in [0.15, 0.2) is 5.13 Å². The molecule has 6 atom stereocenters. The van der Waals surface area contributed by atoms with E-state index >= 15 is 0 Å². The first-order valence-electron chi connectivity index (χ1n) is 13.8. The predicted octanol–water partition coefficient (Wildman–Crippen LogP) is 4.23. The molecule has 1 aromatic heterocycles. The zero-order valence-corrected chi connectivity index (χ0v) is 26.1. The summed E-state index contributed by atoms with van der Waals surface area (Å²) in [6.07, 6.45) is 1.77. The summed E-state index contributed by atoms with van der Waals surface area (Å²) in [5.41, 5.74) is 0.667. The molecular formula is C28H39N3O6S3. The second-order valence-electron chi connectivity index (χ2n) is 11.5. The van der Waals surface area contributed by atoms with Gasteiger partial charge < -0.3 is 19.5 Å². The molecule has 220 valence electrons.